The minimum Gasteiger partial charge on any atom is -0.462 e. The van der Waals surface area contributed by atoms with Crippen molar-refractivity contribution in [2.75, 3.05) is 13.2 Å². The number of esters is 3. The second-order valence-electron chi connectivity index (χ2n) is 22.0. The predicted molar refractivity (Wildman–Crippen MR) is 339 cm³/mol. The Morgan fingerprint density at radius 1 is 0.269 bits per heavy atom. The summed E-state index contributed by atoms with van der Waals surface area (Å²) in [5, 5.41) is 0. The van der Waals surface area contributed by atoms with Crippen LogP contribution in [0.3, 0.4) is 0 Å². The summed E-state index contributed by atoms with van der Waals surface area (Å²) in [6.45, 7) is 6.45. The summed E-state index contributed by atoms with van der Waals surface area (Å²) in [4.78, 5) is 38.3. The van der Waals surface area contributed by atoms with Crippen LogP contribution in [0.5, 0.6) is 0 Å². The van der Waals surface area contributed by atoms with Gasteiger partial charge in [-0.1, -0.05) is 304 Å². The molecule has 0 amide bonds. The van der Waals surface area contributed by atoms with E-state index in [1.54, 1.807) is 0 Å². The third kappa shape index (κ3) is 63.2. The topological polar surface area (TPSA) is 78.9 Å². The van der Waals surface area contributed by atoms with Gasteiger partial charge in [-0.15, -0.1) is 0 Å². The van der Waals surface area contributed by atoms with E-state index in [2.05, 4.69) is 118 Å². The maximum Gasteiger partial charge on any atom is 0.306 e. The lowest BCUT2D eigenvalue weighted by atomic mass is 10.0. The van der Waals surface area contributed by atoms with Gasteiger partial charge in [-0.2, -0.15) is 0 Å². The summed E-state index contributed by atoms with van der Waals surface area (Å²) in [6.07, 6.45) is 88.6. The lowest BCUT2D eigenvalue weighted by Gasteiger charge is -2.18. The third-order valence-corrected chi connectivity index (χ3v) is 14.3. The van der Waals surface area contributed by atoms with Gasteiger partial charge in [0, 0.05) is 19.3 Å². The van der Waals surface area contributed by atoms with Crippen LogP contribution >= 0.6 is 0 Å². The van der Waals surface area contributed by atoms with E-state index < -0.39 is 6.10 Å². The first-order valence-electron chi connectivity index (χ1n) is 33.2. The van der Waals surface area contributed by atoms with Crippen molar-refractivity contribution in [3.8, 4) is 0 Å². The summed E-state index contributed by atoms with van der Waals surface area (Å²) in [5.41, 5.74) is 0. The highest BCUT2D eigenvalue weighted by molar-refractivity contribution is 5.71. The number of rotatable bonds is 60. The standard InChI is InChI=1S/C72H124O6/c1-4-7-10-13-16-19-22-25-27-29-31-33-34-35-36-37-39-40-42-44-47-50-53-56-59-62-65-71(74)77-68-69(67-76-70(73)64-61-58-55-52-49-46-24-21-18-15-12-9-6-3)78-72(75)66-63-60-57-54-51-48-45-43-41-38-32-30-28-26-23-20-17-14-11-8-5-2/h8,11-12,15,17,20-21,24,26,28,32,38,43,45,51,54,69H,4-7,9-10,13-14,16,18-19,22-23,25,27,29-31,33-37,39-42,44,46-50,52-53,55-68H2,1-3H3/b11-8-,15-12-,20-17-,24-21-,28-26-,38-32-,45-43-,54-51-. The summed E-state index contributed by atoms with van der Waals surface area (Å²) in [5.74, 6) is -0.946. The number of ether oxygens (including phenoxy) is 3. The number of carbonyl (C=O) groups excluding carboxylic acids is 3. The molecule has 0 saturated heterocycles. The van der Waals surface area contributed by atoms with E-state index in [0.717, 1.165) is 122 Å². The number of hydrogen-bond acceptors (Lipinski definition) is 6. The fraction of sp³-hybridized carbons (Fsp3) is 0.736. The van der Waals surface area contributed by atoms with Gasteiger partial charge < -0.3 is 14.2 Å². The van der Waals surface area contributed by atoms with Crippen LogP contribution in [0, 0.1) is 0 Å². The second-order valence-corrected chi connectivity index (χ2v) is 22.0. The van der Waals surface area contributed by atoms with E-state index in [9.17, 15) is 14.4 Å². The maximum absolute atomic E-state index is 12.9. The molecule has 1 atom stereocenters. The highest BCUT2D eigenvalue weighted by Crippen LogP contribution is 2.17. The molecule has 0 aromatic heterocycles. The lowest BCUT2D eigenvalue weighted by Crippen LogP contribution is -2.30. The SMILES string of the molecule is CC/C=C\C/C=C\C/C=C\C/C=C\C/C=C\C/C=C\CCCCC(=O)OC(COC(=O)CCCCCCC/C=C\C/C=C\CCC)COC(=O)CCCCCCCCCCCCCCCCCCCCCCCCCCCC. The average molecular weight is 1090 g/mol. The van der Waals surface area contributed by atoms with Crippen molar-refractivity contribution in [2.24, 2.45) is 0 Å². The Morgan fingerprint density at radius 3 is 0.859 bits per heavy atom. The molecule has 0 aromatic rings. The number of hydrogen-bond donors (Lipinski definition) is 0. The molecule has 0 aromatic carbocycles. The maximum atomic E-state index is 12.9. The molecule has 78 heavy (non-hydrogen) atoms. The van der Waals surface area contributed by atoms with Gasteiger partial charge in [-0.05, 0) is 96.3 Å². The predicted octanol–water partition coefficient (Wildman–Crippen LogP) is 22.8. The Morgan fingerprint density at radius 2 is 0.526 bits per heavy atom. The van der Waals surface area contributed by atoms with Crippen LogP contribution in [0.1, 0.15) is 323 Å². The smallest absolute Gasteiger partial charge is 0.306 e. The highest BCUT2D eigenvalue weighted by atomic mass is 16.6. The van der Waals surface area contributed by atoms with Crippen molar-refractivity contribution in [1.29, 1.82) is 0 Å². The molecule has 0 aliphatic heterocycles. The van der Waals surface area contributed by atoms with Gasteiger partial charge >= 0.3 is 17.9 Å². The van der Waals surface area contributed by atoms with E-state index in [-0.39, 0.29) is 37.5 Å². The quantitative estimate of drug-likeness (QED) is 0.0261. The summed E-state index contributed by atoms with van der Waals surface area (Å²) < 4.78 is 16.9. The third-order valence-electron chi connectivity index (χ3n) is 14.3. The zero-order valence-electron chi connectivity index (χ0n) is 51.4. The van der Waals surface area contributed by atoms with Crippen molar-refractivity contribution >= 4 is 17.9 Å². The normalized spacial score (nSPS) is 12.7. The summed E-state index contributed by atoms with van der Waals surface area (Å²) >= 11 is 0. The second kappa shape index (κ2) is 65.8. The Hall–Kier alpha value is -3.67. The van der Waals surface area contributed by atoms with Crippen molar-refractivity contribution in [3.63, 3.8) is 0 Å². The fourth-order valence-electron chi connectivity index (χ4n) is 9.37. The molecule has 0 bridgehead atoms. The molecule has 6 heteroatoms. The number of carbonyl (C=O) groups is 3. The number of unbranched alkanes of at least 4 members (excludes halogenated alkanes) is 33. The van der Waals surface area contributed by atoms with Gasteiger partial charge in [0.05, 0.1) is 0 Å². The monoisotopic (exact) mass is 1080 g/mol. The van der Waals surface area contributed by atoms with Crippen LogP contribution in [0.15, 0.2) is 97.2 Å². The molecule has 0 saturated carbocycles. The van der Waals surface area contributed by atoms with Crippen molar-refractivity contribution in [2.45, 2.75) is 329 Å². The molecule has 0 rings (SSSR count). The lowest BCUT2D eigenvalue weighted by molar-refractivity contribution is -0.167. The molecule has 0 fully saturated rings. The van der Waals surface area contributed by atoms with Crippen LogP contribution in [0.25, 0.3) is 0 Å². The summed E-state index contributed by atoms with van der Waals surface area (Å²) in [6, 6.07) is 0. The van der Waals surface area contributed by atoms with Crippen LogP contribution in [-0.4, -0.2) is 37.2 Å². The molecular weight excluding hydrogens is 961 g/mol. The molecule has 0 aliphatic rings. The van der Waals surface area contributed by atoms with Crippen LogP contribution in [0.2, 0.25) is 0 Å². The first-order valence-corrected chi connectivity index (χ1v) is 33.2. The zero-order valence-corrected chi connectivity index (χ0v) is 51.4. The van der Waals surface area contributed by atoms with E-state index in [1.807, 2.05) is 0 Å². The van der Waals surface area contributed by atoms with Gasteiger partial charge in [0.2, 0.25) is 0 Å². The molecule has 448 valence electrons. The van der Waals surface area contributed by atoms with Gasteiger partial charge in [0.15, 0.2) is 6.10 Å². The van der Waals surface area contributed by atoms with Gasteiger partial charge in [-0.25, -0.2) is 0 Å². The van der Waals surface area contributed by atoms with Crippen molar-refractivity contribution in [1.82, 2.24) is 0 Å². The van der Waals surface area contributed by atoms with Crippen LogP contribution in [-0.2, 0) is 28.6 Å². The van der Waals surface area contributed by atoms with Gasteiger partial charge in [0.1, 0.15) is 13.2 Å². The van der Waals surface area contributed by atoms with E-state index in [1.165, 1.54) is 154 Å². The van der Waals surface area contributed by atoms with Crippen molar-refractivity contribution in [3.05, 3.63) is 97.2 Å². The fourth-order valence-corrected chi connectivity index (χ4v) is 9.37. The molecule has 0 aliphatic carbocycles. The van der Waals surface area contributed by atoms with Crippen molar-refractivity contribution < 1.29 is 28.6 Å². The van der Waals surface area contributed by atoms with E-state index >= 15 is 0 Å². The molecule has 6 nitrogen and oxygen atoms in total. The Kier molecular flexibility index (Phi) is 62.7. The minimum atomic E-state index is -0.808. The molecular formula is C72H124O6. The van der Waals surface area contributed by atoms with E-state index in [4.69, 9.17) is 14.2 Å². The Labute approximate surface area is 483 Å². The van der Waals surface area contributed by atoms with Crippen LogP contribution < -0.4 is 0 Å². The first kappa shape index (κ1) is 74.3. The molecule has 1 unspecified atom stereocenters. The largest absolute Gasteiger partial charge is 0.462 e. The van der Waals surface area contributed by atoms with Crippen LogP contribution in [0.4, 0.5) is 0 Å². The molecule has 0 N–H and O–H groups in total. The first-order chi connectivity index (χ1) is 38.5. The van der Waals surface area contributed by atoms with Gasteiger partial charge in [0.25, 0.3) is 0 Å². The van der Waals surface area contributed by atoms with E-state index in [0.29, 0.717) is 19.3 Å². The molecule has 0 radical (unpaired) electrons. The molecule has 0 heterocycles. The summed E-state index contributed by atoms with van der Waals surface area (Å²) in [7, 11) is 0. The number of allylic oxidation sites excluding steroid dienone is 16. The molecule has 0 spiro atoms. The average Bonchev–Trinajstić information content (AvgIpc) is 3.44. The minimum absolute atomic E-state index is 0.0979. The van der Waals surface area contributed by atoms with Gasteiger partial charge in [-0.3, -0.25) is 14.4 Å². The Bertz CT molecular complexity index is 1530. The highest BCUT2D eigenvalue weighted by Gasteiger charge is 2.19. The Balaban J connectivity index is 4.34. The zero-order chi connectivity index (χ0) is 56.4.